The molecule has 0 spiro atoms. The number of aromatic hydroxyl groups is 1. The Kier molecular flexibility index (Phi) is 4.71. The number of nitrogens with one attached hydrogen (secondary N) is 1. The lowest BCUT2D eigenvalue weighted by Crippen LogP contribution is -2.38. The van der Waals surface area contributed by atoms with Crippen LogP contribution in [0, 0.1) is 5.92 Å². The van der Waals surface area contributed by atoms with Crippen LogP contribution in [0.5, 0.6) is 5.88 Å². The molecule has 118 valence electrons. The molecule has 1 heterocycles. The van der Waals surface area contributed by atoms with Gasteiger partial charge in [0.25, 0.3) is 5.56 Å². The number of hydrogen-bond donors (Lipinski definition) is 2. The zero-order valence-corrected chi connectivity index (χ0v) is 13.4. The summed E-state index contributed by atoms with van der Waals surface area (Å²) >= 11 is 0. The highest BCUT2D eigenvalue weighted by Crippen LogP contribution is 2.41. The molecule has 21 heavy (non-hydrogen) atoms. The van der Waals surface area contributed by atoms with Crippen molar-refractivity contribution in [2.24, 2.45) is 5.92 Å². The molecular formula is C16H26N2O3. The van der Waals surface area contributed by atoms with Crippen LogP contribution >= 0.6 is 0 Å². The summed E-state index contributed by atoms with van der Waals surface area (Å²) in [5.41, 5.74) is -0.479. The van der Waals surface area contributed by atoms with E-state index in [0.717, 1.165) is 25.7 Å². The summed E-state index contributed by atoms with van der Waals surface area (Å²) in [5, 5.41) is 10.1. The Bertz CT molecular complexity index is 543. The van der Waals surface area contributed by atoms with Crippen LogP contribution in [-0.4, -0.2) is 21.7 Å². The van der Waals surface area contributed by atoms with Gasteiger partial charge in [-0.2, -0.15) is 4.98 Å². The lowest BCUT2D eigenvalue weighted by atomic mass is 9.78. The fraction of sp³-hybridized carbons (Fsp3) is 0.750. The summed E-state index contributed by atoms with van der Waals surface area (Å²) in [6, 6.07) is 0. The number of nitrogens with zero attached hydrogens (tertiary/aromatic N) is 1. The van der Waals surface area contributed by atoms with Gasteiger partial charge >= 0.3 is 0 Å². The molecule has 0 unspecified atom stereocenters. The summed E-state index contributed by atoms with van der Waals surface area (Å²) in [6.07, 6.45) is 3.73. The van der Waals surface area contributed by atoms with Gasteiger partial charge in [0.05, 0.1) is 5.56 Å². The van der Waals surface area contributed by atoms with Crippen molar-refractivity contribution >= 4 is 0 Å². The highest BCUT2D eigenvalue weighted by atomic mass is 16.5. The molecule has 0 atom stereocenters. The van der Waals surface area contributed by atoms with Crippen LogP contribution in [-0.2, 0) is 10.3 Å². The summed E-state index contributed by atoms with van der Waals surface area (Å²) in [6.45, 7) is 8.47. The maximum atomic E-state index is 12.2. The molecule has 1 fully saturated rings. The van der Waals surface area contributed by atoms with Crippen LogP contribution in [0.15, 0.2) is 4.79 Å². The van der Waals surface area contributed by atoms with Crippen molar-refractivity contribution in [3.05, 3.63) is 21.7 Å². The molecule has 2 rings (SSSR count). The van der Waals surface area contributed by atoms with Crippen LogP contribution in [0.3, 0.4) is 0 Å². The lowest BCUT2D eigenvalue weighted by Gasteiger charge is -2.38. The molecule has 2 N–H and O–H groups in total. The number of hydrogen-bond acceptors (Lipinski definition) is 4. The average molecular weight is 294 g/mol. The zero-order valence-electron chi connectivity index (χ0n) is 13.4. The number of aromatic amines is 1. The van der Waals surface area contributed by atoms with Crippen LogP contribution in [0.2, 0.25) is 0 Å². The van der Waals surface area contributed by atoms with Crippen LogP contribution < -0.4 is 5.56 Å². The number of H-pyrrole nitrogens is 1. The third kappa shape index (κ3) is 3.12. The Labute approximate surface area is 125 Å². The van der Waals surface area contributed by atoms with E-state index in [0.29, 0.717) is 23.9 Å². The molecule has 1 aliphatic rings. The molecule has 5 heteroatoms. The van der Waals surface area contributed by atoms with Crippen molar-refractivity contribution < 1.29 is 9.84 Å². The van der Waals surface area contributed by atoms with E-state index in [1.807, 2.05) is 20.8 Å². The molecular weight excluding hydrogens is 268 g/mol. The molecule has 0 amide bonds. The quantitative estimate of drug-likeness (QED) is 0.895. The van der Waals surface area contributed by atoms with E-state index in [-0.39, 0.29) is 17.4 Å². The van der Waals surface area contributed by atoms with Crippen LogP contribution in [0.4, 0.5) is 0 Å². The van der Waals surface area contributed by atoms with E-state index >= 15 is 0 Å². The Morgan fingerprint density at radius 3 is 2.52 bits per heavy atom. The molecule has 1 aromatic heterocycles. The van der Waals surface area contributed by atoms with Crippen molar-refractivity contribution in [3.8, 4) is 5.88 Å². The van der Waals surface area contributed by atoms with Gasteiger partial charge in [-0.25, -0.2) is 0 Å². The first-order chi connectivity index (χ1) is 9.89. The second-order valence-electron chi connectivity index (χ2n) is 6.42. The van der Waals surface area contributed by atoms with Gasteiger partial charge in [0, 0.05) is 6.61 Å². The van der Waals surface area contributed by atoms with Crippen LogP contribution in [0.1, 0.15) is 70.7 Å². The van der Waals surface area contributed by atoms with Gasteiger partial charge in [-0.3, -0.25) is 4.79 Å². The van der Waals surface area contributed by atoms with Crippen LogP contribution in [0.25, 0.3) is 0 Å². The highest BCUT2D eigenvalue weighted by Gasteiger charge is 2.39. The standard InChI is InChI=1S/C16H26N2O3/c1-5-21-16(8-6-11(4)7-9-16)15-17-13(19)12(10(2)3)14(20)18-15/h10-11H,5-9H2,1-4H3,(H2,17,18,19,20). The normalized spacial score (nSPS) is 26.2. The van der Waals surface area contributed by atoms with Crippen molar-refractivity contribution in [2.75, 3.05) is 6.61 Å². The van der Waals surface area contributed by atoms with Gasteiger partial charge in [0.1, 0.15) is 11.4 Å². The van der Waals surface area contributed by atoms with Crippen molar-refractivity contribution in [1.29, 1.82) is 0 Å². The SMILES string of the molecule is CCOC1(c2nc(O)c(C(C)C)c(=O)[nH]2)CCC(C)CC1. The van der Waals surface area contributed by atoms with E-state index in [4.69, 9.17) is 4.74 Å². The Morgan fingerprint density at radius 2 is 2.05 bits per heavy atom. The smallest absolute Gasteiger partial charge is 0.258 e. The fourth-order valence-corrected chi connectivity index (χ4v) is 3.16. The predicted octanol–water partition coefficient (Wildman–Crippen LogP) is 3.04. The van der Waals surface area contributed by atoms with Gasteiger partial charge in [-0.15, -0.1) is 0 Å². The van der Waals surface area contributed by atoms with Gasteiger partial charge < -0.3 is 14.8 Å². The molecule has 0 saturated heterocycles. The summed E-state index contributed by atoms with van der Waals surface area (Å²) < 4.78 is 5.97. The fourth-order valence-electron chi connectivity index (χ4n) is 3.16. The first-order valence-electron chi connectivity index (χ1n) is 7.87. The largest absolute Gasteiger partial charge is 0.493 e. The molecule has 5 nitrogen and oxygen atoms in total. The van der Waals surface area contributed by atoms with Gasteiger partial charge in [-0.1, -0.05) is 20.8 Å². The third-order valence-electron chi connectivity index (χ3n) is 4.45. The maximum Gasteiger partial charge on any atom is 0.258 e. The van der Waals surface area contributed by atoms with E-state index in [1.54, 1.807) is 0 Å². The first-order valence-corrected chi connectivity index (χ1v) is 7.87. The van der Waals surface area contributed by atoms with Crippen molar-refractivity contribution in [1.82, 2.24) is 9.97 Å². The maximum absolute atomic E-state index is 12.2. The Balaban J connectivity index is 2.45. The highest BCUT2D eigenvalue weighted by molar-refractivity contribution is 5.27. The molecule has 1 aliphatic carbocycles. The van der Waals surface area contributed by atoms with Gasteiger partial charge in [-0.05, 0) is 44.4 Å². The number of ether oxygens (including phenoxy) is 1. The monoisotopic (exact) mass is 294 g/mol. The van der Waals surface area contributed by atoms with Gasteiger partial charge in [0.2, 0.25) is 5.88 Å². The molecule has 1 saturated carbocycles. The van der Waals surface area contributed by atoms with E-state index in [1.165, 1.54) is 0 Å². The average Bonchev–Trinajstić information content (AvgIpc) is 2.40. The predicted molar refractivity (Wildman–Crippen MR) is 81.5 cm³/mol. The summed E-state index contributed by atoms with van der Waals surface area (Å²) in [5.74, 6) is 0.906. The second-order valence-corrected chi connectivity index (χ2v) is 6.42. The van der Waals surface area contributed by atoms with E-state index in [2.05, 4.69) is 16.9 Å². The minimum Gasteiger partial charge on any atom is -0.493 e. The van der Waals surface area contributed by atoms with Gasteiger partial charge in [0.15, 0.2) is 0 Å². The van der Waals surface area contributed by atoms with E-state index < -0.39 is 5.60 Å². The van der Waals surface area contributed by atoms with E-state index in [9.17, 15) is 9.90 Å². The summed E-state index contributed by atoms with van der Waals surface area (Å²) in [4.78, 5) is 19.4. The minimum atomic E-state index is -0.562. The third-order valence-corrected chi connectivity index (χ3v) is 4.45. The number of rotatable bonds is 4. The lowest BCUT2D eigenvalue weighted by molar-refractivity contribution is -0.0841. The minimum absolute atomic E-state index is 0.0651. The molecule has 0 bridgehead atoms. The second kappa shape index (κ2) is 6.18. The van der Waals surface area contributed by atoms with Crippen molar-refractivity contribution in [2.45, 2.75) is 64.9 Å². The molecule has 0 radical (unpaired) electrons. The Morgan fingerprint density at radius 1 is 1.43 bits per heavy atom. The van der Waals surface area contributed by atoms with Crippen molar-refractivity contribution in [3.63, 3.8) is 0 Å². The zero-order chi connectivity index (χ0) is 15.6. The molecule has 0 aliphatic heterocycles. The molecule has 0 aromatic carbocycles. The molecule has 1 aromatic rings. The Hall–Kier alpha value is -1.36. The topological polar surface area (TPSA) is 75.2 Å². The summed E-state index contributed by atoms with van der Waals surface area (Å²) in [7, 11) is 0. The first kappa shape index (κ1) is 16.0. The number of aromatic nitrogens is 2.